The van der Waals surface area contributed by atoms with E-state index < -0.39 is 5.60 Å². The molecular weight excluding hydrogens is 244 g/mol. The molecule has 2 saturated heterocycles. The summed E-state index contributed by atoms with van der Waals surface area (Å²) in [6.45, 7) is 7.72. The molecule has 3 aliphatic rings. The van der Waals surface area contributed by atoms with Gasteiger partial charge in [0, 0.05) is 12.5 Å². The fraction of sp³-hybridized carbons (Fsp3) is 0.929. The number of fused-ring (bicyclic) bond motifs is 2. The van der Waals surface area contributed by atoms with Gasteiger partial charge in [0.25, 0.3) is 0 Å². The molecule has 5 nitrogen and oxygen atoms in total. The number of carbonyl (C=O) groups excluding carboxylic acids is 1. The Balaban J connectivity index is 1.70. The number of ether oxygens (including phenoxy) is 2. The number of carbonyl (C=O) groups is 1. The van der Waals surface area contributed by atoms with Crippen molar-refractivity contribution < 1.29 is 14.3 Å². The van der Waals surface area contributed by atoms with Gasteiger partial charge in [-0.25, -0.2) is 4.79 Å². The predicted molar refractivity (Wildman–Crippen MR) is 70.7 cm³/mol. The van der Waals surface area contributed by atoms with Crippen LogP contribution in [-0.2, 0) is 9.47 Å². The van der Waals surface area contributed by atoms with Gasteiger partial charge in [-0.15, -0.1) is 0 Å². The highest BCUT2D eigenvalue weighted by Crippen LogP contribution is 2.58. The van der Waals surface area contributed by atoms with Crippen LogP contribution in [0.4, 0.5) is 4.79 Å². The maximum atomic E-state index is 12.2. The number of rotatable bonds is 0. The normalized spacial score (nSPS) is 41.3. The lowest BCUT2D eigenvalue weighted by molar-refractivity contribution is -0.0821. The van der Waals surface area contributed by atoms with E-state index in [2.05, 4.69) is 0 Å². The maximum absolute atomic E-state index is 12.2. The Labute approximate surface area is 114 Å². The molecule has 3 fully saturated rings. The molecule has 0 aromatic rings. The fourth-order valence-corrected chi connectivity index (χ4v) is 3.51. The minimum Gasteiger partial charge on any atom is -0.444 e. The minimum absolute atomic E-state index is 0.201. The van der Waals surface area contributed by atoms with Gasteiger partial charge in [0.15, 0.2) is 0 Å². The van der Waals surface area contributed by atoms with Gasteiger partial charge >= 0.3 is 6.09 Å². The zero-order valence-corrected chi connectivity index (χ0v) is 12.1. The van der Waals surface area contributed by atoms with Gasteiger partial charge in [-0.3, -0.25) is 0 Å². The lowest BCUT2D eigenvalue weighted by atomic mass is 9.84. The lowest BCUT2D eigenvalue weighted by Gasteiger charge is -2.44. The number of nitrogens with zero attached hydrogens (tertiary/aromatic N) is 1. The van der Waals surface area contributed by atoms with E-state index in [1.54, 1.807) is 4.90 Å². The van der Waals surface area contributed by atoms with Gasteiger partial charge in [0.2, 0.25) is 0 Å². The Hall–Kier alpha value is -0.810. The highest BCUT2D eigenvalue weighted by molar-refractivity contribution is 5.68. The lowest BCUT2D eigenvalue weighted by Crippen LogP contribution is -2.60. The van der Waals surface area contributed by atoms with E-state index in [-0.39, 0.29) is 17.2 Å². The van der Waals surface area contributed by atoms with Crippen LogP contribution in [0.5, 0.6) is 0 Å². The molecule has 1 saturated carbocycles. The molecule has 1 amide bonds. The number of piperidine rings is 1. The molecule has 2 N–H and O–H groups in total. The summed E-state index contributed by atoms with van der Waals surface area (Å²) < 4.78 is 11.4. The number of hydrogen-bond acceptors (Lipinski definition) is 4. The third-order valence-corrected chi connectivity index (χ3v) is 4.67. The van der Waals surface area contributed by atoms with Crippen LogP contribution < -0.4 is 5.73 Å². The van der Waals surface area contributed by atoms with E-state index >= 15 is 0 Å². The van der Waals surface area contributed by atoms with Crippen LogP contribution in [0, 0.1) is 5.92 Å². The summed E-state index contributed by atoms with van der Waals surface area (Å²) in [6, 6.07) is 0. The quantitative estimate of drug-likeness (QED) is 0.723. The van der Waals surface area contributed by atoms with Crippen molar-refractivity contribution >= 4 is 6.09 Å². The summed E-state index contributed by atoms with van der Waals surface area (Å²) >= 11 is 0. The van der Waals surface area contributed by atoms with Gasteiger partial charge in [0.1, 0.15) is 11.2 Å². The summed E-state index contributed by atoms with van der Waals surface area (Å²) in [5.41, 5.74) is 5.46. The SMILES string of the molecule is CC(C)(C)OC(=O)N1CCCC2(C1)OCC1CC12N. The molecule has 3 atom stereocenters. The first kappa shape index (κ1) is 13.2. The number of likely N-dealkylation sites (tertiary alicyclic amines) is 1. The second-order valence-electron chi connectivity index (χ2n) is 7.25. The van der Waals surface area contributed by atoms with Crippen molar-refractivity contribution in [3.8, 4) is 0 Å². The van der Waals surface area contributed by atoms with Crippen LogP contribution in [0.2, 0.25) is 0 Å². The van der Waals surface area contributed by atoms with E-state index in [4.69, 9.17) is 15.2 Å². The summed E-state index contributed by atoms with van der Waals surface area (Å²) in [5.74, 6) is 0.492. The average Bonchev–Trinajstić information content (AvgIpc) is 2.91. The Morgan fingerprint density at radius 1 is 1.47 bits per heavy atom. The summed E-state index contributed by atoms with van der Waals surface area (Å²) in [7, 11) is 0. The van der Waals surface area contributed by atoms with E-state index in [0.717, 1.165) is 32.4 Å². The Kier molecular flexibility index (Phi) is 2.68. The second-order valence-corrected chi connectivity index (χ2v) is 7.25. The van der Waals surface area contributed by atoms with Gasteiger partial charge < -0.3 is 20.1 Å². The number of nitrogens with two attached hydrogens (primary N) is 1. The highest BCUT2D eigenvalue weighted by Gasteiger charge is 2.70. The van der Waals surface area contributed by atoms with E-state index in [0.29, 0.717) is 12.5 Å². The zero-order chi connectivity index (χ0) is 13.9. The van der Waals surface area contributed by atoms with Gasteiger partial charge in [-0.2, -0.15) is 0 Å². The standard InChI is InChI=1S/C14H24N2O3/c1-12(2,3)19-11(17)16-6-4-5-13(9-16)14(15)7-10(14)8-18-13/h10H,4-9,15H2,1-3H3. The number of hydrogen-bond donors (Lipinski definition) is 1. The first-order valence-electron chi connectivity index (χ1n) is 7.17. The molecule has 0 bridgehead atoms. The van der Waals surface area contributed by atoms with Gasteiger partial charge in [0.05, 0.1) is 18.7 Å². The average molecular weight is 268 g/mol. The molecule has 1 aliphatic carbocycles. The Morgan fingerprint density at radius 2 is 2.21 bits per heavy atom. The van der Waals surface area contributed by atoms with Crippen molar-refractivity contribution in [3.63, 3.8) is 0 Å². The summed E-state index contributed by atoms with van der Waals surface area (Å²) in [5, 5.41) is 0. The molecule has 1 spiro atoms. The van der Waals surface area contributed by atoms with Gasteiger partial charge in [-0.1, -0.05) is 0 Å². The van der Waals surface area contributed by atoms with Crippen molar-refractivity contribution in [3.05, 3.63) is 0 Å². The molecule has 0 radical (unpaired) electrons. The van der Waals surface area contributed by atoms with Crippen molar-refractivity contribution in [1.82, 2.24) is 4.90 Å². The molecule has 2 aliphatic heterocycles. The van der Waals surface area contributed by atoms with Crippen LogP contribution in [-0.4, -0.2) is 47.4 Å². The van der Waals surface area contributed by atoms with Crippen molar-refractivity contribution in [2.45, 2.75) is 56.8 Å². The summed E-state index contributed by atoms with van der Waals surface area (Å²) in [4.78, 5) is 14.0. The summed E-state index contributed by atoms with van der Waals surface area (Å²) in [6.07, 6.45) is 2.68. The first-order chi connectivity index (χ1) is 8.76. The molecule has 2 heterocycles. The smallest absolute Gasteiger partial charge is 0.410 e. The Morgan fingerprint density at radius 3 is 2.74 bits per heavy atom. The molecule has 3 rings (SSSR count). The van der Waals surface area contributed by atoms with Crippen LogP contribution in [0.25, 0.3) is 0 Å². The highest BCUT2D eigenvalue weighted by atomic mass is 16.6. The molecule has 0 aromatic heterocycles. The van der Waals surface area contributed by atoms with Crippen molar-refractivity contribution in [2.24, 2.45) is 11.7 Å². The predicted octanol–water partition coefficient (Wildman–Crippen LogP) is 1.50. The van der Waals surface area contributed by atoms with Crippen LogP contribution in [0.15, 0.2) is 0 Å². The number of amides is 1. The third-order valence-electron chi connectivity index (χ3n) is 4.67. The first-order valence-corrected chi connectivity index (χ1v) is 7.17. The largest absolute Gasteiger partial charge is 0.444 e. The minimum atomic E-state index is -0.458. The van der Waals surface area contributed by atoms with Crippen molar-refractivity contribution in [1.29, 1.82) is 0 Å². The second kappa shape index (κ2) is 3.85. The van der Waals surface area contributed by atoms with E-state index in [9.17, 15) is 4.79 Å². The monoisotopic (exact) mass is 268 g/mol. The Bertz CT molecular complexity index is 404. The molecule has 19 heavy (non-hydrogen) atoms. The molecule has 5 heteroatoms. The van der Waals surface area contributed by atoms with E-state index in [1.807, 2.05) is 20.8 Å². The topological polar surface area (TPSA) is 64.8 Å². The third kappa shape index (κ3) is 2.03. The van der Waals surface area contributed by atoms with E-state index in [1.165, 1.54) is 0 Å². The van der Waals surface area contributed by atoms with Crippen molar-refractivity contribution in [2.75, 3.05) is 19.7 Å². The van der Waals surface area contributed by atoms with Crippen LogP contribution in [0.1, 0.15) is 40.0 Å². The molecule has 108 valence electrons. The van der Waals surface area contributed by atoms with Crippen LogP contribution >= 0.6 is 0 Å². The molecule has 3 unspecified atom stereocenters. The van der Waals surface area contributed by atoms with Gasteiger partial charge in [-0.05, 0) is 40.0 Å². The molecule has 0 aromatic carbocycles. The van der Waals surface area contributed by atoms with Crippen LogP contribution in [0.3, 0.4) is 0 Å². The maximum Gasteiger partial charge on any atom is 0.410 e. The zero-order valence-electron chi connectivity index (χ0n) is 12.1. The fourth-order valence-electron chi connectivity index (χ4n) is 3.51. The molecular formula is C14H24N2O3.